The molecule has 3 aromatic heterocycles. The molecule has 3 aromatic rings. The Balaban J connectivity index is 1.33. The van der Waals surface area contributed by atoms with Crippen molar-refractivity contribution in [1.82, 2.24) is 38.7 Å². The van der Waals surface area contributed by atoms with Crippen LogP contribution in [0.4, 0.5) is 0 Å². The first-order valence-electron chi connectivity index (χ1n) is 10.6. The van der Waals surface area contributed by atoms with E-state index in [2.05, 4.69) is 45.9 Å². The smallest absolute Gasteiger partial charge is 0.295 e. The van der Waals surface area contributed by atoms with Crippen LogP contribution in [0.5, 0.6) is 0 Å². The number of rotatable bonds is 5. The van der Waals surface area contributed by atoms with Crippen molar-refractivity contribution in [3.8, 4) is 0 Å². The number of aryl methyl sites for hydroxylation is 1. The van der Waals surface area contributed by atoms with Crippen LogP contribution in [0.1, 0.15) is 32.3 Å². The van der Waals surface area contributed by atoms with Crippen LogP contribution in [0.3, 0.4) is 0 Å². The summed E-state index contributed by atoms with van der Waals surface area (Å²) in [7, 11) is 1.71. The van der Waals surface area contributed by atoms with Crippen molar-refractivity contribution < 1.29 is 0 Å². The Morgan fingerprint density at radius 1 is 0.935 bits per heavy atom. The van der Waals surface area contributed by atoms with Gasteiger partial charge in [-0.3, -0.25) is 23.8 Å². The average molecular weight is 427 g/mol. The van der Waals surface area contributed by atoms with Crippen LogP contribution < -0.4 is 11.1 Å². The van der Waals surface area contributed by atoms with E-state index in [1.165, 1.54) is 4.57 Å². The fourth-order valence-corrected chi connectivity index (χ4v) is 3.74. The zero-order valence-electron chi connectivity index (χ0n) is 18.7. The van der Waals surface area contributed by atoms with Gasteiger partial charge < -0.3 is 4.57 Å². The molecule has 0 spiro atoms. The van der Waals surface area contributed by atoms with Gasteiger partial charge in [0.15, 0.2) is 5.82 Å². The van der Waals surface area contributed by atoms with Crippen molar-refractivity contribution in [3.63, 3.8) is 0 Å². The highest BCUT2D eigenvalue weighted by atomic mass is 16.1. The third kappa shape index (κ3) is 4.59. The van der Waals surface area contributed by atoms with Crippen LogP contribution >= 0.6 is 0 Å². The summed E-state index contributed by atoms with van der Waals surface area (Å²) in [5.41, 5.74) is 0.986. The molecule has 0 radical (unpaired) electrons. The zero-order valence-corrected chi connectivity index (χ0v) is 18.7. The topological polar surface area (TPSA) is 93.6 Å². The average Bonchev–Trinajstić information content (AvgIpc) is 3.13. The summed E-state index contributed by atoms with van der Waals surface area (Å²) in [4.78, 5) is 29.0. The zero-order chi connectivity index (χ0) is 22.2. The van der Waals surface area contributed by atoms with Gasteiger partial charge in [0.05, 0.1) is 18.8 Å². The molecule has 166 valence electrons. The molecule has 10 nitrogen and oxygen atoms in total. The lowest BCUT2D eigenvalue weighted by atomic mass is 9.92. The normalized spacial score (nSPS) is 16.3. The fourth-order valence-electron chi connectivity index (χ4n) is 3.74. The fraction of sp³-hybridized carbons (Fsp3) is 0.571. The summed E-state index contributed by atoms with van der Waals surface area (Å²) >= 11 is 0. The Labute approximate surface area is 180 Å². The second-order valence-corrected chi connectivity index (χ2v) is 9.17. The lowest BCUT2D eigenvalue weighted by Crippen LogP contribution is -2.47. The van der Waals surface area contributed by atoms with E-state index < -0.39 is 0 Å². The third-order valence-corrected chi connectivity index (χ3v) is 5.81. The van der Waals surface area contributed by atoms with Gasteiger partial charge in [-0.25, -0.2) is 4.68 Å². The second-order valence-electron chi connectivity index (χ2n) is 9.17. The molecule has 0 N–H and O–H groups in total. The summed E-state index contributed by atoms with van der Waals surface area (Å²) in [5.74, 6) is 0.774. The quantitative estimate of drug-likeness (QED) is 0.571. The molecule has 10 heteroatoms. The Morgan fingerprint density at radius 3 is 2.35 bits per heavy atom. The maximum absolute atomic E-state index is 12.2. The minimum Gasteiger partial charge on any atom is -0.314 e. The molecule has 0 saturated carbocycles. The molecular formula is C21H30N8O2. The van der Waals surface area contributed by atoms with Crippen molar-refractivity contribution in [2.24, 2.45) is 7.05 Å². The van der Waals surface area contributed by atoms with Crippen molar-refractivity contribution in [2.75, 3.05) is 32.7 Å². The van der Waals surface area contributed by atoms with E-state index in [1.54, 1.807) is 28.4 Å². The molecule has 4 rings (SSSR count). The molecular weight excluding hydrogens is 396 g/mol. The van der Waals surface area contributed by atoms with Crippen LogP contribution in [0.15, 0.2) is 34.1 Å². The molecule has 31 heavy (non-hydrogen) atoms. The molecule has 0 bridgehead atoms. The minimum atomic E-state index is -0.148. The van der Waals surface area contributed by atoms with Gasteiger partial charge in [0.2, 0.25) is 5.65 Å². The lowest BCUT2D eigenvalue weighted by molar-refractivity contribution is 0.120. The molecule has 1 fully saturated rings. The first-order chi connectivity index (χ1) is 14.7. The van der Waals surface area contributed by atoms with Crippen LogP contribution in [-0.4, -0.2) is 71.5 Å². The summed E-state index contributed by atoms with van der Waals surface area (Å²) in [5, 5.41) is 12.8. The first kappa shape index (κ1) is 21.4. The van der Waals surface area contributed by atoms with E-state index in [4.69, 9.17) is 0 Å². The van der Waals surface area contributed by atoms with Gasteiger partial charge in [0.25, 0.3) is 11.1 Å². The molecule has 0 amide bonds. The summed E-state index contributed by atoms with van der Waals surface area (Å²) < 4.78 is 4.86. The van der Waals surface area contributed by atoms with E-state index in [9.17, 15) is 9.59 Å². The molecule has 0 aromatic carbocycles. The largest absolute Gasteiger partial charge is 0.314 e. The number of fused-ring (bicyclic) bond motifs is 1. The van der Waals surface area contributed by atoms with E-state index in [0.29, 0.717) is 18.7 Å². The molecule has 1 aliphatic rings. The van der Waals surface area contributed by atoms with Crippen LogP contribution in [0.25, 0.3) is 5.65 Å². The van der Waals surface area contributed by atoms with E-state index in [0.717, 1.165) is 44.2 Å². The van der Waals surface area contributed by atoms with E-state index >= 15 is 0 Å². The molecule has 1 saturated heterocycles. The molecule has 0 aliphatic carbocycles. The number of hydrogen-bond donors (Lipinski definition) is 0. The number of aromatic nitrogens is 6. The highest BCUT2D eigenvalue weighted by Crippen LogP contribution is 2.18. The standard InChI is InChI=1S/C21H30N8O2/c1-21(2,3)16-5-6-18(30)29(24-16)14-12-26-8-10-27(11-9-26)15-17-22-23-19-20(31)25(4)7-13-28(17)19/h5-7,13H,8-12,14-15H2,1-4H3. The first-order valence-corrected chi connectivity index (χ1v) is 10.6. The summed E-state index contributed by atoms with van der Waals surface area (Å²) in [6.45, 7) is 11.9. The number of nitrogens with zero attached hydrogens (tertiary/aromatic N) is 8. The maximum Gasteiger partial charge on any atom is 0.295 e. The molecule has 1 aliphatic heterocycles. The Hall–Kier alpha value is -2.85. The van der Waals surface area contributed by atoms with Crippen molar-refractivity contribution in [1.29, 1.82) is 0 Å². The van der Waals surface area contributed by atoms with Gasteiger partial charge in [-0.1, -0.05) is 20.8 Å². The predicted molar refractivity (Wildman–Crippen MR) is 117 cm³/mol. The van der Waals surface area contributed by atoms with Gasteiger partial charge in [0.1, 0.15) is 0 Å². The molecule has 4 heterocycles. The maximum atomic E-state index is 12.2. The van der Waals surface area contributed by atoms with Crippen LogP contribution in [-0.2, 0) is 25.6 Å². The molecule has 0 unspecified atom stereocenters. The van der Waals surface area contributed by atoms with Gasteiger partial charge in [-0.15, -0.1) is 10.2 Å². The van der Waals surface area contributed by atoms with Gasteiger partial charge in [0, 0.05) is 63.6 Å². The van der Waals surface area contributed by atoms with Crippen molar-refractivity contribution >= 4 is 5.65 Å². The highest BCUT2D eigenvalue weighted by Gasteiger charge is 2.20. The Kier molecular flexibility index (Phi) is 5.76. The van der Waals surface area contributed by atoms with E-state index in [-0.39, 0.29) is 16.5 Å². The number of piperazine rings is 1. The van der Waals surface area contributed by atoms with Crippen molar-refractivity contribution in [3.05, 3.63) is 56.8 Å². The predicted octanol–water partition coefficient (Wildman–Crippen LogP) is 0.100. The minimum absolute atomic E-state index is 0.0588. The van der Waals surface area contributed by atoms with Crippen molar-refractivity contribution in [2.45, 2.75) is 39.3 Å². The van der Waals surface area contributed by atoms with Gasteiger partial charge in [-0.2, -0.15) is 5.10 Å². The van der Waals surface area contributed by atoms with Gasteiger partial charge in [-0.05, 0) is 6.07 Å². The summed E-state index contributed by atoms with van der Waals surface area (Å²) in [6.07, 6.45) is 3.56. The Morgan fingerprint density at radius 2 is 1.65 bits per heavy atom. The Bertz CT molecular complexity index is 1180. The lowest BCUT2D eigenvalue weighted by Gasteiger charge is -2.34. The SMILES string of the molecule is Cn1ccn2c(CN3CCN(CCn4nc(C(C)(C)C)ccc4=O)CC3)nnc2c1=O. The van der Waals surface area contributed by atoms with Gasteiger partial charge >= 0.3 is 0 Å². The van der Waals surface area contributed by atoms with E-state index in [1.807, 2.05) is 12.3 Å². The molecule has 0 atom stereocenters. The number of hydrogen-bond acceptors (Lipinski definition) is 7. The summed E-state index contributed by atoms with van der Waals surface area (Å²) in [6, 6.07) is 3.43. The van der Waals surface area contributed by atoms with Crippen LogP contribution in [0.2, 0.25) is 0 Å². The second kappa shape index (κ2) is 8.35. The van der Waals surface area contributed by atoms with Crippen LogP contribution in [0, 0.1) is 0 Å². The highest BCUT2D eigenvalue weighted by molar-refractivity contribution is 5.34. The third-order valence-electron chi connectivity index (χ3n) is 5.81. The monoisotopic (exact) mass is 426 g/mol.